The lowest BCUT2D eigenvalue weighted by Gasteiger charge is -2.37. The normalized spacial score (nSPS) is 17.4. The number of nitrogens with one attached hydrogen (secondary N) is 2. The van der Waals surface area contributed by atoms with Gasteiger partial charge in [-0.1, -0.05) is 12.1 Å². The van der Waals surface area contributed by atoms with Crippen LogP contribution in [0.25, 0.3) is 16.8 Å². The molecule has 3 amide bonds. The molecule has 1 aliphatic heterocycles. The topological polar surface area (TPSA) is 131 Å². The molecule has 4 heterocycles. The summed E-state index contributed by atoms with van der Waals surface area (Å²) in [6, 6.07) is 8.08. The summed E-state index contributed by atoms with van der Waals surface area (Å²) in [6.07, 6.45) is 1.47. The highest BCUT2D eigenvalue weighted by atomic mass is 19.4. The first kappa shape index (κ1) is 27.9. The maximum atomic E-state index is 13.0. The molecule has 1 saturated heterocycles. The van der Waals surface area contributed by atoms with Crippen LogP contribution in [0.5, 0.6) is 0 Å². The van der Waals surface area contributed by atoms with Crippen LogP contribution in [-0.4, -0.2) is 55.3 Å². The van der Waals surface area contributed by atoms with E-state index >= 15 is 0 Å². The molecule has 1 aliphatic rings. The quantitative estimate of drug-likeness (QED) is 0.314. The van der Waals surface area contributed by atoms with Crippen molar-refractivity contribution in [2.45, 2.75) is 44.8 Å². The van der Waals surface area contributed by atoms with Crippen LogP contribution in [-0.2, 0) is 6.18 Å². The molecule has 4 N–H and O–H groups in total. The van der Waals surface area contributed by atoms with Crippen molar-refractivity contribution in [3.05, 3.63) is 71.9 Å². The molecule has 0 saturated carbocycles. The molecule has 1 fully saturated rings. The van der Waals surface area contributed by atoms with Crippen LogP contribution < -0.4 is 16.4 Å². The van der Waals surface area contributed by atoms with Crippen LogP contribution in [0, 0.1) is 0 Å². The highest BCUT2D eigenvalue weighted by molar-refractivity contribution is 6.04. The zero-order chi connectivity index (χ0) is 29.3. The van der Waals surface area contributed by atoms with Crippen LogP contribution in [0.2, 0.25) is 0 Å². The number of benzene rings is 1. The Kier molecular flexibility index (Phi) is 7.52. The van der Waals surface area contributed by atoms with Crippen molar-refractivity contribution in [2.75, 3.05) is 24.1 Å². The zero-order valence-electron chi connectivity index (χ0n) is 22.4. The Bertz CT molecular complexity index is 1590. The molecule has 214 valence electrons. The summed E-state index contributed by atoms with van der Waals surface area (Å²) in [7, 11) is 0. The molecule has 4 aromatic rings. The van der Waals surface area contributed by atoms with E-state index in [1.807, 2.05) is 23.1 Å². The number of likely N-dealkylation sites (tertiary alicyclic amines) is 1. The maximum Gasteiger partial charge on any atom is 0.416 e. The van der Waals surface area contributed by atoms with Crippen LogP contribution in [0.1, 0.15) is 54.4 Å². The molecule has 0 bridgehead atoms. The summed E-state index contributed by atoms with van der Waals surface area (Å²) in [4.78, 5) is 40.2. The van der Waals surface area contributed by atoms with Crippen LogP contribution >= 0.6 is 0 Å². The smallest absolute Gasteiger partial charge is 0.382 e. The number of nitrogens with two attached hydrogens (primary N) is 1. The third-order valence-electron chi connectivity index (χ3n) is 7.20. The largest absolute Gasteiger partial charge is 0.416 e. The monoisotopic (exact) mass is 566 g/mol. The standard InChI is InChI=1S/C28H29F3N8O2/c1-3-33-27(41)39-15-19(5-4-16(39)2)25-37-22(23-24(32)35-12-13-38(23)25)17-6-8-18(9-7-17)26(40)36-21-14-20(10-11-34-21)28(29,30)31/h6-14,16,19H,3-5,15H2,1-2H3,(H2,32,35)(H,33,41)(H,34,36,40). The van der Waals surface area contributed by atoms with Gasteiger partial charge in [-0.15, -0.1) is 0 Å². The lowest BCUT2D eigenvalue weighted by molar-refractivity contribution is -0.137. The van der Waals surface area contributed by atoms with Crippen molar-refractivity contribution < 1.29 is 22.8 Å². The number of fused-ring (bicyclic) bond motifs is 1. The molecule has 1 aromatic carbocycles. The van der Waals surface area contributed by atoms with Gasteiger partial charge in [-0.2, -0.15) is 13.2 Å². The number of nitrogens with zero attached hydrogens (tertiary/aromatic N) is 5. The van der Waals surface area contributed by atoms with Crippen molar-refractivity contribution in [3.63, 3.8) is 0 Å². The molecule has 2 unspecified atom stereocenters. The van der Waals surface area contributed by atoms with Crippen LogP contribution in [0.15, 0.2) is 55.0 Å². The van der Waals surface area contributed by atoms with E-state index in [0.29, 0.717) is 29.9 Å². The predicted molar refractivity (Wildman–Crippen MR) is 147 cm³/mol. The number of piperidine rings is 1. The van der Waals surface area contributed by atoms with Gasteiger partial charge in [0.2, 0.25) is 0 Å². The highest BCUT2D eigenvalue weighted by Gasteiger charge is 2.33. The minimum atomic E-state index is -4.55. The zero-order valence-corrected chi connectivity index (χ0v) is 22.4. The number of carbonyl (C=O) groups excluding carboxylic acids is 2. The molecule has 41 heavy (non-hydrogen) atoms. The summed E-state index contributed by atoms with van der Waals surface area (Å²) < 4.78 is 40.9. The van der Waals surface area contributed by atoms with Crippen molar-refractivity contribution in [1.82, 2.24) is 29.6 Å². The third-order valence-corrected chi connectivity index (χ3v) is 7.20. The number of anilines is 2. The Morgan fingerprint density at radius 3 is 2.56 bits per heavy atom. The Morgan fingerprint density at radius 2 is 1.85 bits per heavy atom. The molecule has 0 aliphatic carbocycles. The van der Waals surface area contributed by atoms with E-state index in [2.05, 4.69) is 20.6 Å². The van der Waals surface area contributed by atoms with Crippen molar-refractivity contribution >= 4 is 29.1 Å². The van der Waals surface area contributed by atoms with E-state index in [1.54, 1.807) is 36.7 Å². The lowest BCUT2D eigenvalue weighted by Crippen LogP contribution is -2.49. The van der Waals surface area contributed by atoms with E-state index in [9.17, 15) is 22.8 Å². The molecule has 3 aromatic heterocycles. The molecule has 0 spiro atoms. The molecule has 5 rings (SSSR count). The average molecular weight is 567 g/mol. The SMILES string of the molecule is CCNC(=O)N1CC(c2nc(-c3ccc(C(=O)Nc4cc(C(F)(F)F)ccn4)cc3)c3c(N)nccn23)CCC1C. The van der Waals surface area contributed by atoms with E-state index in [0.717, 1.165) is 37.0 Å². The lowest BCUT2D eigenvalue weighted by atomic mass is 9.93. The van der Waals surface area contributed by atoms with Gasteiger partial charge in [0.25, 0.3) is 5.91 Å². The minimum Gasteiger partial charge on any atom is -0.382 e. The number of hydrogen-bond acceptors (Lipinski definition) is 6. The number of imidazole rings is 1. The predicted octanol–water partition coefficient (Wildman–Crippen LogP) is 4.94. The van der Waals surface area contributed by atoms with Crippen LogP contribution in [0.3, 0.4) is 0 Å². The van der Waals surface area contributed by atoms with Crippen molar-refractivity contribution in [1.29, 1.82) is 0 Å². The number of aromatic nitrogens is 4. The van der Waals surface area contributed by atoms with Gasteiger partial charge in [0, 0.05) is 54.8 Å². The molecular formula is C28H29F3N8O2. The first-order chi connectivity index (χ1) is 19.6. The van der Waals surface area contributed by atoms with Crippen molar-refractivity contribution in [2.24, 2.45) is 0 Å². The Hall–Kier alpha value is -4.68. The van der Waals surface area contributed by atoms with E-state index in [1.165, 1.54) is 0 Å². The summed E-state index contributed by atoms with van der Waals surface area (Å²) in [5.41, 5.74) is 7.45. The number of halogens is 3. The second-order valence-electron chi connectivity index (χ2n) is 9.92. The average Bonchev–Trinajstić information content (AvgIpc) is 3.34. The highest BCUT2D eigenvalue weighted by Crippen LogP contribution is 2.35. The Balaban J connectivity index is 1.42. The molecule has 0 radical (unpaired) electrons. The van der Waals surface area contributed by atoms with Gasteiger partial charge in [0.15, 0.2) is 0 Å². The second-order valence-corrected chi connectivity index (χ2v) is 9.92. The van der Waals surface area contributed by atoms with Gasteiger partial charge in [-0.3, -0.25) is 9.20 Å². The van der Waals surface area contributed by atoms with Gasteiger partial charge in [0.1, 0.15) is 28.7 Å². The first-order valence-corrected chi connectivity index (χ1v) is 13.2. The second kappa shape index (κ2) is 11.1. The summed E-state index contributed by atoms with van der Waals surface area (Å²) in [5, 5.41) is 5.28. The molecular weight excluding hydrogens is 537 g/mol. The minimum absolute atomic E-state index is 0.0399. The Labute approximate surface area is 233 Å². The van der Waals surface area contributed by atoms with Gasteiger partial charge in [-0.05, 0) is 51.0 Å². The van der Waals surface area contributed by atoms with Gasteiger partial charge < -0.3 is 21.3 Å². The number of amides is 3. The number of rotatable bonds is 5. The first-order valence-electron chi connectivity index (χ1n) is 13.2. The number of carbonyl (C=O) groups is 2. The fraction of sp³-hybridized carbons (Fsp3) is 0.321. The van der Waals surface area contributed by atoms with E-state index in [4.69, 9.17) is 10.7 Å². The summed E-state index contributed by atoms with van der Waals surface area (Å²) in [6.45, 7) is 4.95. The number of pyridine rings is 1. The Morgan fingerprint density at radius 1 is 1.10 bits per heavy atom. The maximum absolute atomic E-state index is 13.0. The molecule has 10 nitrogen and oxygen atoms in total. The molecule has 13 heteroatoms. The summed E-state index contributed by atoms with van der Waals surface area (Å²) >= 11 is 0. The van der Waals surface area contributed by atoms with E-state index < -0.39 is 17.6 Å². The number of nitrogen functional groups attached to an aromatic ring is 1. The van der Waals surface area contributed by atoms with Gasteiger partial charge in [0.05, 0.1) is 5.56 Å². The third kappa shape index (κ3) is 5.65. The van der Waals surface area contributed by atoms with Gasteiger partial charge in [-0.25, -0.2) is 19.7 Å². The fourth-order valence-corrected chi connectivity index (χ4v) is 5.07. The number of alkyl halides is 3. The van der Waals surface area contributed by atoms with E-state index in [-0.39, 0.29) is 35.2 Å². The fourth-order valence-electron chi connectivity index (χ4n) is 5.07. The van der Waals surface area contributed by atoms with Gasteiger partial charge >= 0.3 is 12.2 Å². The number of hydrogen-bond donors (Lipinski definition) is 3. The summed E-state index contributed by atoms with van der Waals surface area (Å²) in [5.74, 6) is 0.177. The molecule has 2 atom stereocenters. The van der Waals surface area contributed by atoms with Crippen LogP contribution in [0.4, 0.5) is 29.6 Å². The number of urea groups is 1. The van der Waals surface area contributed by atoms with Crippen molar-refractivity contribution in [3.8, 4) is 11.3 Å².